The van der Waals surface area contributed by atoms with Crippen LogP contribution < -0.4 is 0 Å². The predicted molar refractivity (Wildman–Crippen MR) is 94.9 cm³/mol. The van der Waals surface area contributed by atoms with Gasteiger partial charge in [0.25, 0.3) is 0 Å². The number of hydrogen-bond donors (Lipinski definition) is 1. The van der Waals surface area contributed by atoms with Crippen LogP contribution in [-0.2, 0) is 4.79 Å². The molecule has 0 aliphatic rings. The summed E-state index contributed by atoms with van der Waals surface area (Å²) in [5.74, 6) is -0.311. The number of rotatable bonds is 6. The minimum absolute atomic E-state index is 0.115. The lowest BCUT2D eigenvalue weighted by Crippen LogP contribution is -1.98. The molecule has 2 heterocycles. The van der Waals surface area contributed by atoms with Gasteiger partial charge in [0, 0.05) is 5.75 Å². The number of carboxylic acids is 1. The molecular formula is C16H16N4O2S2. The lowest BCUT2D eigenvalue weighted by Gasteiger charge is -2.03. The highest BCUT2D eigenvalue weighted by Crippen LogP contribution is 2.34. The highest BCUT2D eigenvalue weighted by Gasteiger charge is 2.18. The van der Waals surface area contributed by atoms with Crippen molar-refractivity contribution in [2.45, 2.75) is 24.6 Å². The van der Waals surface area contributed by atoms with E-state index in [2.05, 4.69) is 15.3 Å². The molecule has 3 rings (SSSR count). The number of aryl methyl sites for hydroxylation is 1. The number of nitrogens with zero attached hydrogens (tertiary/aromatic N) is 4. The van der Waals surface area contributed by atoms with Crippen LogP contribution in [0, 0.1) is 13.8 Å². The van der Waals surface area contributed by atoms with E-state index in [1.54, 1.807) is 0 Å². The molecule has 8 heteroatoms. The first-order chi connectivity index (χ1) is 11.6. The van der Waals surface area contributed by atoms with Gasteiger partial charge in [0.1, 0.15) is 0 Å². The minimum Gasteiger partial charge on any atom is -0.481 e. The molecule has 0 bridgehead atoms. The van der Waals surface area contributed by atoms with Gasteiger partial charge < -0.3 is 5.11 Å². The number of carbonyl (C=O) groups is 1. The molecule has 0 fully saturated rings. The lowest BCUT2D eigenvalue weighted by atomic mass is 10.2. The molecule has 0 aliphatic carbocycles. The van der Waals surface area contributed by atoms with E-state index in [4.69, 9.17) is 5.11 Å². The molecule has 0 aliphatic heterocycles. The Kier molecular flexibility index (Phi) is 4.96. The normalized spacial score (nSPS) is 10.9. The van der Waals surface area contributed by atoms with Gasteiger partial charge >= 0.3 is 5.97 Å². The van der Waals surface area contributed by atoms with Gasteiger partial charge in [0.2, 0.25) is 0 Å². The third kappa shape index (κ3) is 3.49. The zero-order chi connectivity index (χ0) is 17.1. The number of benzene rings is 1. The Hall–Kier alpha value is -2.19. The van der Waals surface area contributed by atoms with Gasteiger partial charge in [-0.1, -0.05) is 41.3 Å². The first-order valence-electron chi connectivity index (χ1n) is 7.36. The molecule has 3 aromatic rings. The molecule has 6 nitrogen and oxygen atoms in total. The van der Waals surface area contributed by atoms with Crippen molar-refractivity contribution in [2.24, 2.45) is 0 Å². The summed E-state index contributed by atoms with van der Waals surface area (Å²) in [5, 5.41) is 22.5. The maximum absolute atomic E-state index is 10.6. The van der Waals surface area contributed by atoms with Gasteiger partial charge in [-0.2, -0.15) is 5.10 Å². The van der Waals surface area contributed by atoms with E-state index in [9.17, 15) is 4.79 Å². The van der Waals surface area contributed by atoms with Gasteiger partial charge in [0.15, 0.2) is 9.35 Å². The number of aromatic nitrogens is 4. The molecule has 0 atom stereocenters. The molecule has 2 aromatic heterocycles. The smallest absolute Gasteiger partial charge is 0.304 e. The van der Waals surface area contributed by atoms with Crippen LogP contribution in [0.2, 0.25) is 0 Å². The van der Waals surface area contributed by atoms with Crippen LogP contribution in [0.15, 0.2) is 34.7 Å². The highest BCUT2D eigenvalue weighted by atomic mass is 32.2. The van der Waals surface area contributed by atoms with Crippen molar-refractivity contribution in [3.05, 3.63) is 41.7 Å². The SMILES string of the molecule is Cc1nn(-c2ccccc2)c(C)c1-c1nnc(SCCC(=O)O)s1. The van der Waals surface area contributed by atoms with Crippen molar-refractivity contribution in [3.8, 4) is 16.3 Å². The maximum Gasteiger partial charge on any atom is 0.304 e. The third-order valence-corrected chi connectivity index (χ3v) is 5.53. The molecular weight excluding hydrogens is 344 g/mol. The summed E-state index contributed by atoms with van der Waals surface area (Å²) < 4.78 is 2.68. The first-order valence-corrected chi connectivity index (χ1v) is 9.16. The van der Waals surface area contributed by atoms with Crippen molar-refractivity contribution < 1.29 is 9.90 Å². The number of para-hydroxylation sites is 1. The Morgan fingerprint density at radius 1 is 1.25 bits per heavy atom. The van der Waals surface area contributed by atoms with E-state index >= 15 is 0 Å². The van der Waals surface area contributed by atoms with Crippen molar-refractivity contribution in [1.29, 1.82) is 0 Å². The van der Waals surface area contributed by atoms with Crippen LogP contribution in [0.5, 0.6) is 0 Å². The zero-order valence-electron chi connectivity index (χ0n) is 13.3. The average Bonchev–Trinajstić information content (AvgIpc) is 3.12. The number of hydrogen-bond acceptors (Lipinski definition) is 6. The summed E-state index contributed by atoms with van der Waals surface area (Å²) in [7, 11) is 0. The van der Waals surface area contributed by atoms with Crippen LogP contribution in [0.25, 0.3) is 16.3 Å². The summed E-state index contributed by atoms with van der Waals surface area (Å²) >= 11 is 2.88. The van der Waals surface area contributed by atoms with Crippen LogP contribution in [0.3, 0.4) is 0 Å². The summed E-state index contributed by atoms with van der Waals surface area (Å²) in [4.78, 5) is 10.6. The van der Waals surface area contributed by atoms with E-state index in [0.717, 1.165) is 32.0 Å². The van der Waals surface area contributed by atoms with E-state index in [1.807, 2.05) is 48.9 Å². The molecule has 0 amide bonds. The van der Waals surface area contributed by atoms with Crippen LogP contribution in [-0.4, -0.2) is 36.8 Å². The summed E-state index contributed by atoms with van der Waals surface area (Å²) in [6.45, 7) is 3.97. The van der Waals surface area contributed by atoms with E-state index in [-0.39, 0.29) is 6.42 Å². The molecule has 1 aromatic carbocycles. The summed E-state index contributed by atoms with van der Waals surface area (Å²) in [6, 6.07) is 9.95. The van der Waals surface area contributed by atoms with Crippen molar-refractivity contribution in [3.63, 3.8) is 0 Å². The second kappa shape index (κ2) is 7.14. The van der Waals surface area contributed by atoms with E-state index < -0.39 is 5.97 Å². The van der Waals surface area contributed by atoms with Crippen LogP contribution in [0.4, 0.5) is 0 Å². The average molecular weight is 360 g/mol. The first kappa shape index (κ1) is 16.7. The molecule has 0 unspecified atom stereocenters. The third-order valence-electron chi connectivity index (χ3n) is 3.45. The van der Waals surface area contributed by atoms with Crippen molar-refractivity contribution in [1.82, 2.24) is 20.0 Å². The second-order valence-electron chi connectivity index (χ2n) is 5.16. The van der Waals surface area contributed by atoms with Gasteiger partial charge in [-0.3, -0.25) is 4.79 Å². The summed E-state index contributed by atoms with van der Waals surface area (Å²) in [6.07, 6.45) is 0.115. The molecule has 0 spiro atoms. The van der Waals surface area contributed by atoms with Crippen molar-refractivity contribution in [2.75, 3.05) is 5.75 Å². The Bertz CT molecular complexity index is 858. The summed E-state index contributed by atoms with van der Waals surface area (Å²) in [5.41, 5.74) is 3.90. The minimum atomic E-state index is -0.803. The predicted octanol–water partition coefficient (Wildman–Crippen LogP) is 3.57. The van der Waals surface area contributed by atoms with Gasteiger partial charge in [-0.05, 0) is 26.0 Å². The fourth-order valence-corrected chi connectivity index (χ4v) is 4.37. The fourth-order valence-electron chi connectivity index (χ4n) is 2.37. The second-order valence-corrected chi connectivity index (χ2v) is 7.48. The molecule has 0 saturated heterocycles. The Morgan fingerprint density at radius 3 is 2.71 bits per heavy atom. The van der Waals surface area contributed by atoms with E-state index in [0.29, 0.717) is 5.75 Å². The molecule has 124 valence electrons. The Labute approximate surface area is 147 Å². The topological polar surface area (TPSA) is 80.9 Å². The van der Waals surface area contributed by atoms with Gasteiger partial charge in [0.05, 0.1) is 29.1 Å². The van der Waals surface area contributed by atoms with E-state index in [1.165, 1.54) is 23.1 Å². The quantitative estimate of drug-likeness (QED) is 0.677. The molecule has 24 heavy (non-hydrogen) atoms. The fraction of sp³-hybridized carbons (Fsp3) is 0.250. The highest BCUT2D eigenvalue weighted by molar-refractivity contribution is 8.01. The number of carboxylic acid groups (broad SMARTS) is 1. The lowest BCUT2D eigenvalue weighted by molar-refractivity contribution is -0.136. The zero-order valence-corrected chi connectivity index (χ0v) is 14.9. The monoisotopic (exact) mass is 360 g/mol. The van der Waals surface area contributed by atoms with Gasteiger partial charge in [-0.15, -0.1) is 10.2 Å². The Balaban J connectivity index is 1.87. The van der Waals surface area contributed by atoms with Crippen molar-refractivity contribution >= 4 is 29.1 Å². The molecule has 1 N–H and O–H groups in total. The standard InChI is InChI=1S/C16H16N4O2S2/c1-10-14(11(2)20(19-10)12-6-4-3-5-7-12)15-17-18-16(24-15)23-9-8-13(21)22/h3-7H,8-9H2,1-2H3,(H,21,22). The van der Waals surface area contributed by atoms with Crippen LogP contribution in [0.1, 0.15) is 17.8 Å². The number of aliphatic carboxylic acids is 1. The molecule has 0 radical (unpaired) electrons. The van der Waals surface area contributed by atoms with Gasteiger partial charge in [-0.25, -0.2) is 4.68 Å². The van der Waals surface area contributed by atoms with Crippen LogP contribution >= 0.6 is 23.1 Å². The molecule has 0 saturated carbocycles. The number of thioether (sulfide) groups is 1. The Morgan fingerprint density at radius 2 is 2.00 bits per heavy atom. The maximum atomic E-state index is 10.6. The largest absolute Gasteiger partial charge is 0.481 e.